The average molecular weight is 341 g/mol. The molecule has 1 aliphatic carbocycles. The largest absolute Gasteiger partial charge is 0.353 e. The number of nitrogens with one attached hydrogen (secondary N) is 2. The van der Waals surface area contributed by atoms with Crippen molar-refractivity contribution in [2.24, 2.45) is 0 Å². The smallest absolute Gasteiger partial charge is 0.240 e. The van der Waals surface area contributed by atoms with Gasteiger partial charge in [-0.15, -0.1) is 0 Å². The van der Waals surface area contributed by atoms with E-state index in [1.54, 1.807) is 0 Å². The molecule has 1 amide bonds. The van der Waals surface area contributed by atoms with Crippen molar-refractivity contribution >= 4 is 29.0 Å². The number of hydrogen-bond donors (Lipinski definition) is 2. The van der Waals surface area contributed by atoms with Crippen LogP contribution in [0.5, 0.6) is 0 Å². The maximum Gasteiger partial charge on any atom is 0.240 e. The van der Waals surface area contributed by atoms with Gasteiger partial charge < -0.3 is 14.5 Å². The number of rotatable bonds is 6. The van der Waals surface area contributed by atoms with Gasteiger partial charge in [-0.3, -0.25) is 9.89 Å². The van der Waals surface area contributed by atoms with Gasteiger partial charge in [0.05, 0.1) is 0 Å². The molecule has 24 heavy (non-hydrogen) atoms. The SMILES string of the molecule is O=C(Cn1ccc2ccccc21)NCCn1c(C2CC2)n[nH]c1=S. The van der Waals surface area contributed by atoms with Crippen LogP contribution in [0, 0.1) is 4.77 Å². The maximum atomic E-state index is 12.2. The Kier molecular flexibility index (Phi) is 3.93. The Morgan fingerprint density at radius 2 is 2.17 bits per heavy atom. The number of aromatic amines is 1. The van der Waals surface area contributed by atoms with Gasteiger partial charge in [-0.05, 0) is 42.6 Å². The van der Waals surface area contributed by atoms with E-state index in [1.807, 2.05) is 45.7 Å². The van der Waals surface area contributed by atoms with Gasteiger partial charge in [0.1, 0.15) is 12.4 Å². The second-order valence-corrected chi connectivity index (χ2v) is 6.55. The summed E-state index contributed by atoms with van der Waals surface area (Å²) in [5, 5.41) is 11.3. The third-order valence-corrected chi connectivity index (χ3v) is 4.69. The number of fused-ring (bicyclic) bond motifs is 1. The highest BCUT2D eigenvalue weighted by atomic mass is 32.1. The molecule has 1 aromatic carbocycles. The minimum atomic E-state index is -0.000613. The van der Waals surface area contributed by atoms with Gasteiger partial charge in [0.2, 0.25) is 5.91 Å². The maximum absolute atomic E-state index is 12.2. The van der Waals surface area contributed by atoms with Crippen molar-refractivity contribution in [3.63, 3.8) is 0 Å². The second kappa shape index (κ2) is 6.24. The second-order valence-electron chi connectivity index (χ2n) is 6.17. The molecule has 0 spiro atoms. The molecule has 0 aliphatic heterocycles. The Balaban J connectivity index is 1.36. The van der Waals surface area contributed by atoms with Crippen LogP contribution in [0.2, 0.25) is 0 Å². The lowest BCUT2D eigenvalue weighted by molar-refractivity contribution is -0.121. The lowest BCUT2D eigenvalue weighted by Gasteiger charge is -2.09. The van der Waals surface area contributed by atoms with E-state index in [9.17, 15) is 4.79 Å². The fraction of sp³-hybridized carbons (Fsp3) is 0.353. The van der Waals surface area contributed by atoms with Crippen molar-refractivity contribution in [2.75, 3.05) is 6.54 Å². The predicted molar refractivity (Wildman–Crippen MR) is 94.3 cm³/mol. The number of amides is 1. The summed E-state index contributed by atoms with van der Waals surface area (Å²) in [6, 6.07) is 10.1. The summed E-state index contributed by atoms with van der Waals surface area (Å²) in [6.45, 7) is 1.52. The average Bonchev–Trinajstić information content (AvgIpc) is 3.26. The molecule has 7 heteroatoms. The molecule has 2 N–H and O–H groups in total. The van der Waals surface area contributed by atoms with Crippen LogP contribution in [0.3, 0.4) is 0 Å². The fourth-order valence-electron chi connectivity index (χ4n) is 3.00. The summed E-state index contributed by atoms with van der Waals surface area (Å²) in [7, 11) is 0. The fourth-order valence-corrected chi connectivity index (χ4v) is 3.23. The summed E-state index contributed by atoms with van der Waals surface area (Å²) in [4.78, 5) is 12.2. The zero-order chi connectivity index (χ0) is 16.5. The summed E-state index contributed by atoms with van der Waals surface area (Å²) in [6.07, 6.45) is 4.29. The highest BCUT2D eigenvalue weighted by Crippen LogP contribution is 2.38. The molecule has 124 valence electrons. The first-order chi connectivity index (χ1) is 11.7. The Bertz CT molecular complexity index is 934. The molecule has 0 atom stereocenters. The van der Waals surface area contributed by atoms with Crippen LogP contribution in [0.15, 0.2) is 36.5 Å². The molecule has 2 heterocycles. The zero-order valence-corrected chi connectivity index (χ0v) is 14.1. The van der Waals surface area contributed by atoms with E-state index in [2.05, 4.69) is 15.5 Å². The molecular formula is C17H19N5OS. The third-order valence-electron chi connectivity index (χ3n) is 4.38. The molecule has 3 aromatic rings. The molecule has 1 fully saturated rings. The predicted octanol–water partition coefficient (Wildman–Crippen LogP) is 2.59. The third kappa shape index (κ3) is 2.99. The van der Waals surface area contributed by atoms with E-state index in [0.717, 1.165) is 16.7 Å². The molecule has 0 saturated heterocycles. The lowest BCUT2D eigenvalue weighted by atomic mass is 10.2. The molecule has 0 radical (unpaired) electrons. The number of hydrogen-bond acceptors (Lipinski definition) is 3. The van der Waals surface area contributed by atoms with E-state index in [1.165, 1.54) is 12.8 Å². The molecule has 0 bridgehead atoms. The number of nitrogens with zero attached hydrogens (tertiary/aromatic N) is 3. The highest BCUT2D eigenvalue weighted by molar-refractivity contribution is 7.71. The van der Waals surface area contributed by atoms with Gasteiger partial charge in [-0.2, -0.15) is 5.10 Å². The number of carbonyl (C=O) groups is 1. The number of benzene rings is 1. The van der Waals surface area contributed by atoms with Gasteiger partial charge in [0.25, 0.3) is 0 Å². The van der Waals surface area contributed by atoms with Gasteiger partial charge in [0.15, 0.2) is 4.77 Å². The van der Waals surface area contributed by atoms with Crippen LogP contribution in [0.1, 0.15) is 24.6 Å². The van der Waals surface area contributed by atoms with E-state index in [-0.39, 0.29) is 5.91 Å². The minimum absolute atomic E-state index is 0.000613. The summed E-state index contributed by atoms with van der Waals surface area (Å²) in [5.74, 6) is 1.55. The van der Waals surface area contributed by atoms with Gasteiger partial charge >= 0.3 is 0 Å². The molecular weight excluding hydrogens is 322 g/mol. The first-order valence-electron chi connectivity index (χ1n) is 8.18. The van der Waals surface area contributed by atoms with Crippen molar-refractivity contribution in [3.05, 3.63) is 47.1 Å². The van der Waals surface area contributed by atoms with Crippen molar-refractivity contribution in [1.29, 1.82) is 0 Å². The standard InChI is InChI=1S/C17H19N5OS/c23-15(11-21-9-7-12-3-1-2-4-14(12)21)18-8-10-22-16(13-5-6-13)19-20-17(22)24/h1-4,7,9,13H,5-6,8,10-11H2,(H,18,23)(H,20,24). The van der Waals surface area contributed by atoms with Crippen molar-refractivity contribution in [2.45, 2.75) is 31.8 Å². The van der Waals surface area contributed by atoms with E-state index in [0.29, 0.717) is 30.3 Å². The van der Waals surface area contributed by atoms with E-state index >= 15 is 0 Å². The van der Waals surface area contributed by atoms with Crippen LogP contribution in [-0.4, -0.2) is 31.8 Å². The van der Waals surface area contributed by atoms with E-state index in [4.69, 9.17) is 12.2 Å². The summed E-state index contributed by atoms with van der Waals surface area (Å²) >= 11 is 5.27. The lowest BCUT2D eigenvalue weighted by Crippen LogP contribution is -2.30. The van der Waals surface area contributed by atoms with E-state index < -0.39 is 0 Å². The Morgan fingerprint density at radius 1 is 1.33 bits per heavy atom. The number of H-pyrrole nitrogens is 1. The monoisotopic (exact) mass is 341 g/mol. The van der Waals surface area contributed by atoms with Crippen molar-refractivity contribution < 1.29 is 4.79 Å². The molecule has 6 nitrogen and oxygen atoms in total. The van der Waals surface area contributed by atoms with Crippen molar-refractivity contribution in [3.8, 4) is 0 Å². The van der Waals surface area contributed by atoms with Crippen LogP contribution < -0.4 is 5.32 Å². The number of aromatic nitrogens is 4. The summed E-state index contributed by atoms with van der Waals surface area (Å²) in [5.41, 5.74) is 1.07. The normalized spacial score (nSPS) is 14.2. The van der Waals surface area contributed by atoms with Gasteiger partial charge in [-0.1, -0.05) is 18.2 Å². The van der Waals surface area contributed by atoms with Crippen LogP contribution in [-0.2, 0) is 17.9 Å². The van der Waals surface area contributed by atoms with Crippen LogP contribution in [0.4, 0.5) is 0 Å². The minimum Gasteiger partial charge on any atom is -0.353 e. The highest BCUT2D eigenvalue weighted by Gasteiger charge is 2.28. The topological polar surface area (TPSA) is 67.6 Å². The van der Waals surface area contributed by atoms with Gasteiger partial charge in [-0.25, -0.2) is 0 Å². The van der Waals surface area contributed by atoms with Crippen molar-refractivity contribution in [1.82, 2.24) is 24.6 Å². The number of carbonyl (C=O) groups excluding carboxylic acids is 1. The Morgan fingerprint density at radius 3 is 3.00 bits per heavy atom. The molecule has 1 aliphatic rings. The zero-order valence-electron chi connectivity index (χ0n) is 13.2. The Labute approximate surface area is 144 Å². The Hall–Kier alpha value is -2.41. The molecule has 4 rings (SSSR count). The van der Waals surface area contributed by atoms with Crippen LogP contribution >= 0.6 is 12.2 Å². The number of para-hydroxylation sites is 1. The molecule has 2 aromatic heterocycles. The molecule has 1 saturated carbocycles. The summed E-state index contributed by atoms with van der Waals surface area (Å²) < 4.78 is 4.59. The van der Waals surface area contributed by atoms with Gasteiger partial charge in [0, 0.05) is 30.7 Å². The first-order valence-corrected chi connectivity index (χ1v) is 8.59. The first kappa shape index (κ1) is 15.1. The molecule has 0 unspecified atom stereocenters. The van der Waals surface area contributed by atoms with Crippen LogP contribution in [0.25, 0.3) is 10.9 Å². The quantitative estimate of drug-likeness (QED) is 0.677.